The van der Waals surface area contributed by atoms with Gasteiger partial charge >= 0.3 is 0 Å². The Bertz CT molecular complexity index is 894. The van der Waals surface area contributed by atoms with Crippen molar-refractivity contribution in [1.29, 1.82) is 5.26 Å². The molecular weight excluding hydrogens is 364 g/mol. The third-order valence-corrected chi connectivity index (χ3v) is 3.69. The van der Waals surface area contributed by atoms with Gasteiger partial charge in [-0.25, -0.2) is 0 Å². The summed E-state index contributed by atoms with van der Waals surface area (Å²) in [6.07, 6.45) is 0.748. The van der Waals surface area contributed by atoms with E-state index in [0.717, 1.165) is 9.86 Å². The van der Waals surface area contributed by atoms with E-state index in [1.165, 1.54) is 0 Å². The molecule has 116 valence electrons. The highest BCUT2D eigenvalue weighted by atomic mass is 79.9. The molecule has 8 heteroatoms. The zero-order valence-electron chi connectivity index (χ0n) is 12.0. The normalized spacial score (nSPS) is 10.8. The molecule has 0 aliphatic heterocycles. The number of aromatic nitrogens is 3. The van der Waals surface area contributed by atoms with Gasteiger partial charge in [-0.15, -0.1) is 10.2 Å². The molecule has 2 heterocycles. The topological polar surface area (TPSA) is 106 Å². The number of ketones is 1. The number of hydrogen-bond acceptors (Lipinski definition) is 7. The number of rotatable bonds is 6. The standard InChI is InChI=1S/C15H11BrN4O3/c16-9-3-4-13-11(6-9)12(20-23-13)8-15-19-18-14(22-15)7-10(21)2-1-5-17/h3-4,6H,1-2,7-8H2. The van der Waals surface area contributed by atoms with Gasteiger partial charge in [-0.1, -0.05) is 21.1 Å². The van der Waals surface area contributed by atoms with E-state index in [-0.39, 0.29) is 30.9 Å². The highest BCUT2D eigenvalue weighted by molar-refractivity contribution is 9.10. The summed E-state index contributed by atoms with van der Waals surface area (Å²) in [4.78, 5) is 11.6. The fourth-order valence-corrected chi connectivity index (χ4v) is 2.48. The van der Waals surface area contributed by atoms with Crippen molar-refractivity contribution >= 4 is 32.7 Å². The number of nitriles is 1. The molecular formula is C15H11BrN4O3. The lowest BCUT2D eigenvalue weighted by Crippen LogP contribution is -2.02. The summed E-state index contributed by atoms with van der Waals surface area (Å²) in [5.41, 5.74) is 1.36. The Hall–Kier alpha value is -2.53. The first-order valence-corrected chi connectivity index (χ1v) is 7.68. The Morgan fingerprint density at radius 2 is 2.13 bits per heavy atom. The minimum Gasteiger partial charge on any atom is -0.424 e. The predicted molar refractivity (Wildman–Crippen MR) is 82.4 cm³/mol. The third kappa shape index (κ3) is 3.63. The summed E-state index contributed by atoms with van der Waals surface area (Å²) in [6, 6.07) is 7.53. The first-order chi connectivity index (χ1) is 11.2. The van der Waals surface area contributed by atoms with Crippen molar-refractivity contribution in [3.8, 4) is 6.07 Å². The summed E-state index contributed by atoms with van der Waals surface area (Å²) < 4.78 is 11.6. The van der Waals surface area contributed by atoms with Gasteiger partial charge < -0.3 is 8.94 Å². The number of nitrogens with zero attached hydrogens (tertiary/aromatic N) is 4. The molecule has 7 nitrogen and oxygen atoms in total. The Labute approximate surface area is 139 Å². The van der Waals surface area contributed by atoms with Crippen LogP contribution in [0.15, 0.2) is 31.6 Å². The van der Waals surface area contributed by atoms with Crippen LogP contribution in [0, 0.1) is 11.3 Å². The van der Waals surface area contributed by atoms with E-state index in [9.17, 15) is 4.79 Å². The second-order valence-corrected chi connectivity index (χ2v) is 5.83. The Morgan fingerprint density at radius 1 is 1.30 bits per heavy atom. The zero-order valence-corrected chi connectivity index (χ0v) is 13.5. The minimum absolute atomic E-state index is 0.0415. The van der Waals surface area contributed by atoms with E-state index in [2.05, 4.69) is 31.3 Å². The Morgan fingerprint density at radius 3 is 2.96 bits per heavy atom. The van der Waals surface area contributed by atoms with Crippen LogP contribution < -0.4 is 0 Å². The molecule has 0 amide bonds. The lowest BCUT2D eigenvalue weighted by Gasteiger charge is -1.93. The monoisotopic (exact) mass is 374 g/mol. The van der Waals surface area contributed by atoms with Crippen LogP contribution in [0.2, 0.25) is 0 Å². The van der Waals surface area contributed by atoms with Crippen molar-refractivity contribution in [2.24, 2.45) is 0 Å². The van der Waals surface area contributed by atoms with Gasteiger partial charge in [0, 0.05) is 22.7 Å². The fraction of sp³-hybridized carbons (Fsp3) is 0.267. The molecule has 0 radical (unpaired) electrons. The first-order valence-electron chi connectivity index (χ1n) is 6.89. The number of carbonyl (C=O) groups is 1. The molecule has 0 saturated heterocycles. The molecule has 0 atom stereocenters. The van der Waals surface area contributed by atoms with Crippen LogP contribution >= 0.6 is 15.9 Å². The first kappa shape index (κ1) is 15.4. The van der Waals surface area contributed by atoms with Crippen LogP contribution in [-0.2, 0) is 17.6 Å². The highest BCUT2D eigenvalue weighted by Gasteiger charge is 2.15. The number of benzene rings is 1. The molecule has 0 N–H and O–H groups in total. The smallest absolute Gasteiger partial charge is 0.223 e. The Balaban J connectivity index is 1.72. The molecule has 23 heavy (non-hydrogen) atoms. The number of Topliss-reactive ketones (excluding diaryl/α,β-unsaturated/α-hetero) is 1. The Kier molecular flexibility index (Phi) is 4.48. The SMILES string of the molecule is N#CCCC(=O)Cc1nnc(Cc2noc3ccc(Br)cc23)o1. The number of carbonyl (C=O) groups excluding carboxylic acids is 1. The van der Waals surface area contributed by atoms with Crippen LogP contribution in [0.5, 0.6) is 0 Å². The van der Waals surface area contributed by atoms with Crippen molar-refractivity contribution < 1.29 is 13.7 Å². The maximum absolute atomic E-state index is 11.6. The average molecular weight is 375 g/mol. The number of hydrogen-bond donors (Lipinski definition) is 0. The summed E-state index contributed by atoms with van der Waals surface area (Å²) in [5, 5.41) is 21.1. The van der Waals surface area contributed by atoms with Gasteiger partial charge in [-0.05, 0) is 18.2 Å². The van der Waals surface area contributed by atoms with Gasteiger partial charge in [0.05, 0.1) is 18.9 Å². The summed E-state index contributed by atoms with van der Waals surface area (Å²) in [5.74, 6) is 0.512. The van der Waals surface area contributed by atoms with E-state index in [0.29, 0.717) is 23.6 Å². The van der Waals surface area contributed by atoms with Crippen LogP contribution in [0.3, 0.4) is 0 Å². The summed E-state index contributed by atoms with van der Waals surface area (Å²) >= 11 is 3.41. The minimum atomic E-state index is -0.0995. The lowest BCUT2D eigenvalue weighted by atomic mass is 10.2. The maximum atomic E-state index is 11.6. The van der Waals surface area contributed by atoms with Crippen LogP contribution in [0.25, 0.3) is 11.0 Å². The summed E-state index contributed by atoms with van der Waals surface area (Å²) in [6.45, 7) is 0. The number of fused-ring (bicyclic) bond motifs is 1. The van der Waals surface area contributed by atoms with Crippen molar-refractivity contribution in [2.75, 3.05) is 0 Å². The zero-order chi connectivity index (χ0) is 16.2. The second-order valence-electron chi connectivity index (χ2n) is 4.91. The van der Waals surface area contributed by atoms with E-state index in [1.54, 1.807) is 0 Å². The lowest BCUT2D eigenvalue weighted by molar-refractivity contribution is -0.118. The van der Waals surface area contributed by atoms with Gasteiger partial charge in [-0.2, -0.15) is 5.26 Å². The molecule has 2 aromatic heterocycles. The molecule has 0 fully saturated rings. The van der Waals surface area contributed by atoms with Crippen LogP contribution in [0.1, 0.15) is 30.3 Å². The maximum Gasteiger partial charge on any atom is 0.223 e. The van der Waals surface area contributed by atoms with E-state index < -0.39 is 0 Å². The van der Waals surface area contributed by atoms with Crippen molar-refractivity contribution in [3.05, 3.63) is 40.1 Å². The van der Waals surface area contributed by atoms with Crippen LogP contribution in [0.4, 0.5) is 0 Å². The second kappa shape index (κ2) is 6.71. The van der Waals surface area contributed by atoms with E-state index in [4.69, 9.17) is 14.2 Å². The quantitative estimate of drug-likeness (QED) is 0.652. The fourth-order valence-electron chi connectivity index (χ4n) is 2.12. The molecule has 0 bridgehead atoms. The molecule has 1 aromatic carbocycles. The van der Waals surface area contributed by atoms with Gasteiger partial charge in [0.25, 0.3) is 0 Å². The third-order valence-electron chi connectivity index (χ3n) is 3.20. The van der Waals surface area contributed by atoms with Gasteiger partial charge in [-0.3, -0.25) is 4.79 Å². The predicted octanol–water partition coefficient (Wildman–Crippen LogP) is 2.98. The van der Waals surface area contributed by atoms with Gasteiger partial charge in [0.2, 0.25) is 11.8 Å². The molecule has 0 aliphatic carbocycles. The molecule has 0 unspecified atom stereocenters. The average Bonchev–Trinajstić information content (AvgIpc) is 3.13. The van der Waals surface area contributed by atoms with E-state index >= 15 is 0 Å². The van der Waals surface area contributed by atoms with Crippen molar-refractivity contribution in [3.63, 3.8) is 0 Å². The van der Waals surface area contributed by atoms with Crippen LogP contribution in [-0.4, -0.2) is 21.1 Å². The molecule has 0 aliphatic rings. The number of halogens is 1. The van der Waals surface area contributed by atoms with E-state index in [1.807, 2.05) is 24.3 Å². The van der Waals surface area contributed by atoms with Crippen molar-refractivity contribution in [2.45, 2.75) is 25.7 Å². The van der Waals surface area contributed by atoms with Gasteiger partial charge in [0.1, 0.15) is 11.5 Å². The molecule has 0 spiro atoms. The summed E-state index contributed by atoms with van der Waals surface area (Å²) in [7, 11) is 0. The molecule has 3 rings (SSSR count). The molecule has 3 aromatic rings. The largest absolute Gasteiger partial charge is 0.424 e. The van der Waals surface area contributed by atoms with Crippen molar-refractivity contribution in [1.82, 2.24) is 15.4 Å². The van der Waals surface area contributed by atoms with Gasteiger partial charge in [0.15, 0.2) is 5.58 Å². The highest BCUT2D eigenvalue weighted by Crippen LogP contribution is 2.24. The molecule has 0 saturated carbocycles.